The predicted molar refractivity (Wildman–Crippen MR) is 43.6 cm³/mol. The number of rotatable bonds is 2. The Morgan fingerprint density at radius 1 is 1.67 bits per heavy atom. The van der Waals surface area contributed by atoms with Crippen LogP contribution in [-0.2, 0) is 4.79 Å². The summed E-state index contributed by atoms with van der Waals surface area (Å²) in [4.78, 5) is 11.3. The van der Waals surface area contributed by atoms with Gasteiger partial charge in [-0.05, 0) is 0 Å². The fourth-order valence-electron chi connectivity index (χ4n) is 1.04. The lowest BCUT2D eigenvalue weighted by molar-refractivity contribution is -0.121. The smallest absolute Gasteiger partial charge is 0.230 e. The van der Waals surface area contributed by atoms with Crippen LogP contribution < -0.4 is 10.6 Å². The highest BCUT2D eigenvalue weighted by atomic mass is 16.2. The summed E-state index contributed by atoms with van der Waals surface area (Å²) in [7, 11) is 0. The van der Waals surface area contributed by atoms with E-state index >= 15 is 0 Å². The Kier molecular flexibility index (Phi) is 1.79. The molecule has 1 aromatic rings. The second-order valence-corrected chi connectivity index (χ2v) is 2.83. The molecule has 0 saturated carbocycles. The van der Waals surface area contributed by atoms with E-state index in [0.717, 1.165) is 18.8 Å². The van der Waals surface area contributed by atoms with Crippen molar-refractivity contribution in [2.24, 2.45) is 5.92 Å². The van der Waals surface area contributed by atoms with Gasteiger partial charge in [-0.1, -0.05) is 0 Å². The summed E-state index contributed by atoms with van der Waals surface area (Å²) in [5, 5.41) is 12.1. The van der Waals surface area contributed by atoms with Crippen LogP contribution in [0, 0.1) is 5.92 Å². The molecular weight excluding hydrogens is 156 g/mol. The number of aromatic amines is 1. The highest BCUT2D eigenvalue weighted by Gasteiger charge is 2.24. The van der Waals surface area contributed by atoms with Gasteiger partial charge in [0.15, 0.2) is 0 Å². The zero-order valence-corrected chi connectivity index (χ0v) is 6.50. The van der Waals surface area contributed by atoms with Gasteiger partial charge in [0, 0.05) is 19.3 Å². The second kappa shape index (κ2) is 2.94. The van der Waals surface area contributed by atoms with Crippen LogP contribution in [-0.4, -0.2) is 29.2 Å². The van der Waals surface area contributed by atoms with Gasteiger partial charge < -0.3 is 10.6 Å². The number of carbonyl (C=O) groups is 1. The fraction of sp³-hybridized carbons (Fsp3) is 0.429. The van der Waals surface area contributed by atoms with E-state index in [-0.39, 0.29) is 11.8 Å². The van der Waals surface area contributed by atoms with Crippen LogP contribution in [0.4, 0.5) is 5.69 Å². The van der Waals surface area contributed by atoms with Crippen molar-refractivity contribution in [3.63, 3.8) is 0 Å². The van der Waals surface area contributed by atoms with Crippen LogP contribution in [0.1, 0.15) is 0 Å². The number of hydrogen-bond acceptors (Lipinski definition) is 3. The van der Waals surface area contributed by atoms with Gasteiger partial charge in [0.2, 0.25) is 5.91 Å². The summed E-state index contributed by atoms with van der Waals surface area (Å²) in [6, 6.07) is 0. The van der Waals surface area contributed by atoms with E-state index in [9.17, 15) is 4.79 Å². The van der Waals surface area contributed by atoms with Crippen LogP contribution >= 0.6 is 0 Å². The molecule has 1 aliphatic rings. The number of H-pyrrole nitrogens is 1. The number of nitrogens with one attached hydrogen (secondary N) is 3. The van der Waals surface area contributed by atoms with Crippen molar-refractivity contribution in [1.82, 2.24) is 15.5 Å². The third-order valence-corrected chi connectivity index (χ3v) is 1.92. The average molecular weight is 166 g/mol. The highest BCUT2D eigenvalue weighted by Crippen LogP contribution is 2.08. The molecule has 0 spiro atoms. The van der Waals surface area contributed by atoms with E-state index in [2.05, 4.69) is 20.8 Å². The molecule has 2 rings (SSSR count). The Balaban J connectivity index is 1.90. The lowest BCUT2D eigenvalue weighted by Crippen LogP contribution is -2.48. The van der Waals surface area contributed by atoms with Crippen LogP contribution in [0.15, 0.2) is 12.4 Å². The molecule has 1 amide bonds. The maximum atomic E-state index is 11.3. The topological polar surface area (TPSA) is 69.8 Å². The van der Waals surface area contributed by atoms with Gasteiger partial charge in [-0.25, -0.2) is 0 Å². The van der Waals surface area contributed by atoms with E-state index < -0.39 is 0 Å². The van der Waals surface area contributed by atoms with Crippen molar-refractivity contribution in [3.8, 4) is 0 Å². The van der Waals surface area contributed by atoms with Crippen molar-refractivity contribution in [1.29, 1.82) is 0 Å². The van der Waals surface area contributed by atoms with E-state index in [1.54, 1.807) is 12.4 Å². The molecule has 1 aliphatic heterocycles. The largest absolute Gasteiger partial charge is 0.323 e. The van der Waals surface area contributed by atoms with Gasteiger partial charge in [0.25, 0.3) is 0 Å². The molecule has 5 nitrogen and oxygen atoms in total. The standard InChI is InChI=1S/C7H10N4O/c12-7(5-1-8-2-5)11-6-3-9-10-4-6/h3-5,8H,1-2H2,(H,9,10)(H,11,12). The van der Waals surface area contributed by atoms with Crippen LogP contribution in [0.3, 0.4) is 0 Å². The number of carbonyl (C=O) groups excluding carboxylic acids is 1. The van der Waals surface area contributed by atoms with Crippen LogP contribution in [0.5, 0.6) is 0 Å². The average Bonchev–Trinajstić information content (AvgIpc) is 2.34. The first-order valence-corrected chi connectivity index (χ1v) is 3.86. The fourth-order valence-corrected chi connectivity index (χ4v) is 1.04. The zero-order valence-electron chi connectivity index (χ0n) is 6.50. The van der Waals surface area contributed by atoms with Crippen molar-refractivity contribution in [2.75, 3.05) is 18.4 Å². The first kappa shape index (κ1) is 7.30. The Morgan fingerprint density at radius 3 is 3.00 bits per heavy atom. The number of anilines is 1. The highest BCUT2D eigenvalue weighted by molar-refractivity contribution is 5.93. The Hall–Kier alpha value is -1.36. The number of amides is 1. The molecule has 1 aromatic heterocycles. The van der Waals surface area contributed by atoms with Crippen molar-refractivity contribution in [2.45, 2.75) is 0 Å². The first-order chi connectivity index (χ1) is 5.86. The first-order valence-electron chi connectivity index (χ1n) is 3.86. The zero-order chi connectivity index (χ0) is 8.39. The molecule has 3 N–H and O–H groups in total. The molecule has 0 radical (unpaired) electrons. The van der Waals surface area contributed by atoms with Crippen molar-refractivity contribution < 1.29 is 4.79 Å². The van der Waals surface area contributed by atoms with Gasteiger partial charge >= 0.3 is 0 Å². The Bertz CT molecular complexity index is 265. The number of hydrogen-bond donors (Lipinski definition) is 3. The number of nitrogens with zero attached hydrogens (tertiary/aromatic N) is 1. The van der Waals surface area contributed by atoms with E-state index in [4.69, 9.17) is 0 Å². The predicted octanol–water partition coefficient (Wildman–Crippen LogP) is -0.432. The van der Waals surface area contributed by atoms with Gasteiger partial charge in [-0.2, -0.15) is 5.10 Å². The van der Waals surface area contributed by atoms with Crippen LogP contribution in [0.2, 0.25) is 0 Å². The quantitative estimate of drug-likeness (QED) is 0.558. The third kappa shape index (κ3) is 1.31. The molecule has 2 heterocycles. The van der Waals surface area contributed by atoms with E-state index in [1.165, 1.54) is 0 Å². The van der Waals surface area contributed by atoms with Crippen molar-refractivity contribution >= 4 is 11.6 Å². The monoisotopic (exact) mass is 166 g/mol. The molecule has 0 bridgehead atoms. The van der Waals surface area contributed by atoms with E-state index in [1.807, 2.05) is 0 Å². The molecule has 0 atom stereocenters. The molecule has 0 aliphatic carbocycles. The second-order valence-electron chi connectivity index (χ2n) is 2.83. The normalized spacial score (nSPS) is 17.0. The maximum Gasteiger partial charge on any atom is 0.230 e. The molecule has 64 valence electrons. The summed E-state index contributed by atoms with van der Waals surface area (Å²) in [6.07, 6.45) is 3.24. The lowest BCUT2D eigenvalue weighted by Gasteiger charge is -2.25. The third-order valence-electron chi connectivity index (χ3n) is 1.92. The van der Waals surface area contributed by atoms with Gasteiger partial charge in [-0.3, -0.25) is 9.89 Å². The summed E-state index contributed by atoms with van der Waals surface area (Å²) in [5.41, 5.74) is 0.729. The molecular formula is C7H10N4O. The van der Waals surface area contributed by atoms with Gasteiger partial charge in [-0.15, -0.1) is 0 Å². The molecule has 0 unspecified atom stereocenters. The molecule has 5 heteroatoms. The molecule has 1 saturated heterocycles. The summed E-state index contributed by atoms with van der Waals surface area (Å²) in [5.74, 6) is 0.190. The molecule has 0 aromatic carbocycles. The summed E-state index contributed by atoms with van der Waals surface area (Å²) in [6.45, 7) is 1.56. The SMILES string of the molecule is O=C(Nc1cn[nH]c1)C1CNC1. The minimum absolute atomic E-state index is 0.0650. The van der Waals surface area contributed by atoms with Crippen molar-refractivity contribution in [3.05, 3.63) is 12.4 Å². The van der Waals surface area contributed by atoms with E-state index in [0.29, 0.717) is 0 Å². The minimum Gasteiger partial charge on any atom is -0.323 e. The number of aromatic nitrogens is 2. The lowest BCUT2D eigenvalue weighted by atomic mass is 10.0. The molecule has 1 fully saturated rings. The molecule has 12 heavy (non-hydrogen) atoms. The Morgan fingerprint density at radius 2 is 2.50 bits per heavy atom. The summed E-state index contributed by atoms with van der Waals surface area (Å²) < 4.78 is 0. The Labute approximate surface area is 69.5 Å². The minimum atomic E-state index is 0.0650. The maximum absolute atomic E-state index is 11.3. The van der Waals surface area contributed by atoms with Gasteiger partial charge in [0.1, 0.15) is 0 Å². The van der Waals surface area contributed by atoms with Crippen LogP contribution in [0.25, 0.3) is 0 Å². The van der Waals surface area contributed by atoms with Gasteiger partial charge in [0.05, 0.1) is 17.8 Å². The summed E-state index contributed by atoms with van der Waals surface area (Å²) >= 11 is 0.